The molecule has 19 heavy (non-hydrogen) atoms. The lowest BCUT2D eigenvalue weighted by Gasteiger charge is -2.12. The second-order valence-corrected chi connectivity index (χ2v) is 4.58. The number of rotatable bonds is 6. The lowest BCUT2D eigenvalue weighted by Crippen LogP contribution is -2.29. The fourth-order valence-electron chi connectivity index (χ4n) is 1.94. The Hall–Kier alpha value is -2.10. The predicted molar refractivity (Wildman–Crippen MR) is 74.7 cm³/mol. The zero-order chi connectivity index (χ0) is 13.5. The van der Waals surface area contributed by atoms with Crippen LogP contribution in [0.1, 0.15) is 24.8 Å². The molecule has 0 spiro atoms. The maximum absolute atomic E-state index is 12.0. The highest BCUT2D eigenvalue weighted by atomic mass is 16.1. The van der Waals surface area contributed by atoms with Crippen LogP contribution in [0.3, 0.4) is 0 Å². The molecule has 1 aromatic heterocycles. The molecule has 0 aliphatic carbocycles. The summed E-state index contributed by atoms with van der Waals surface area (Å²) in [7, 11) is 0. The van der Waals surface area contributed by atoms with Gasteiger partial charge in [-0.3, -0.25) is 4.79 Å². The first-order valence-electron chi connectivity index (χ1n) is 6.56. The molecule has 0 saturated heterocycles. The number of amides is 1. The minimum Gasteiger partial charge on any atom is -0.356 e. The van der Waals surface area contributed by atoms with Crippen LogP contribution in [-0.4, -0.2) is 22.0 Å². The third-order valence-corrected chi connectivity index (χ3v) is 3.14. The largest absolute Gasteiger partial charge is 0.356 e. The van der Waals surface area contributed by atoms with Crippen molar-refractivity contribution in [3.05, 3.63) is 54.6 Å². The average Bonchev–Trinajstić information content (AvgIpc) is 2.96. The summed E-state index contributed by atoms with van der Waals surface area (Å²) in [6.07, 6.45) is 6.38. The molecule has 0 bridgehead atoms. The van der Waals surface area contributed by atoms with Crippen molar-refractivity contribution in [3.8, 4) is 0 Å². The molecule has 100 valence electrons. The molecule has 1 heterocycles. The highest BCUT2D eigenvalue weighted by Crippen LogP contribution is 2.14. The van der Waals surface area contributed by atoms with Gasteiger partial charge in [-0.05, 0) is 18.9 Å². The van der Waals surface area contributed by atoms with Gasteiger partial charge in [0.15, 0.2) is 0 Å². The number of aryl methyl sites for hydroxylation is 1. The molecule has 4 nitrogen and oxygen atoms in total. The number of nitrogens with zero attached hydrogens (tertiary/aromatic N) is 2. The third kappa shape index (κ3) is 3.95. The van der Waals surface area contributed by atoms with Gasteiger partial charge < -0.3 is 9.88 Å². The number of hydrogen-bond donors (Lipinski definition) is 1. The molecule has 1 unspecified atom stereocenters. The fraction of sp³-hybridized carbons (Fsp3) is 0.333. The minimum absolute atomic E-state index is 0.0804. The van der Waals surface area contributed by atoms with E-state index in [0.29, 0.717) is 6.54 Å². The molecule has 1 N–H and O–H groups in total. The molecule has 1 amide bonds. The van der Waals surface area contributed by atoms with E-state index < -0.39 is 0 Å². The molecule has 0 aliphatic heterocycles. The Morgan fingerprint density at radius 3 is 2.84 bits per heavy atom. The molecule has 2 aromatic rings. The third-order valence-electron chi connectivity index (χ3n) is 3.14. The van der Waals surface area contributed by atoms with Crippen LogP contribution in [0, 0.1) is 0 Å². The van der Waals surface area contributed by atoms with E-state index in [1.54, 1.807) is 12.5 Å². The number of carbonyl (C=O) groups is 1. The van der Waals surface area contributed by atoms with E-state index in [1.807, 2.05) is 48.0 Å². The Morgan fingerprint density at radius 1 is 1.37 bits per heavy atom. The van der Waals surface area contributed by atoms with Gasteiger partial charge in [-0.15, -0.1) is 0 Å². The number of imidazole rings is 1. The Balaban J connectivity index is 1.72. The Labute approximate surface area is 113 Å². The first-order valence-corrected chi connectivity index (χ1v) is 6.56. The van der Waals surface area contributed by atoms with E-state index >= 15 is 0 Å². The molecule has 0 fully saturated rings. The van der Waals surface area contributed by atoms with Crippen LogP contribution in [-0.2, 0) is 11.3 Å². The van der Waals surface area contributed by atoms with Crippen molar-refractivity contribution in [2.24, 2.45) is 0 Å². The Bertz CT molecular complexity index is 493. The van der Waals surface area contributed by atoms with Crippen molar-refractivity contribution in [2.45, 2.75) is 25.8 Å². The minimum atomic E-state index is -0.102. The van der Waals surface area contributed by atoms with Gasteiger partial charge in [0.05, 0.1) is 12.2 Å². The first kappa shape index (κ1) is 13.3. The van der Waals surface area contributed by atoms with Gasteiger partial charge in [0, 0.05) is 25.5 Å². The van der Waals surface area contributed by atoms with Crippen molar-refractivity contribution in [1.29, 1.82) is 0 Å². The first-order chi connectivity index (χ1) is 9.27. The van der Waals surface area contributed by atoms with Crippen LogP contribution in [0.25, 0.3) is 0 Å². The summed E-state index contributed by atoms with van der Waals surface area (Å²) in [6.45, 7) is 3.49. The molecule has 1 atom stereocenters. The molecule has 4 heteroatoms. The second kappa shape index (κ2) is 6.73. The summed E-state index contributed by atoms with van der Waals surface area (Å²) in [6, 6.07) is 9.83. The van der Waals surface area contributed by atoms with Gasteiger partial charge >= 0.3 is 0 Å². The van der Waals surface area contributed by atoms with Crippen LogP contribution in [0.4, 0.5) is 0 Å². The van der Waals surface area contributed by atoms with Gasteiger partial charge in [0.2, 0.25) is 5.91 Å². The number of carbonyl (C=O) groups excluding carboxylic acids is 1. The summed E-state index contributed by atoms with van der Waals surface area (Å²) in [5, 5.41) is 2.97. The monoisotopic (exact) mass is 257 g/mol. The number of hydrogen-bond acceptors (Lipinski definition) is 2. The van der Waals surface area contributed by atoms with Crippen molar-refractivity contribution in [2.75, 3.05) is 6.54 Å². The lowest BCUT2D eigenvalue weighted by atomic mass is 10.0. The van der Waals surface area contributed by atoms with Gasteiger partial charge in [-0.1, -0.05) is 30.3 Å². The zero-order valence-electron chi connectivity index (χ0n) is 11.1. The van der Waals surface area contributed by atoms with Gasteiger partial charge in [-0.2, -0.15) is 0 Å². The number of benzene rings is 1. The topological polar surface area (TPSA) is 46.9 Å². The van der Waals surface area contributed by atoms with Crippen molar-refractivity contribution in [1.82, 2.24) is 14.9 Å². The molecule has 0 saturated carbocycles. The summed E-state index contributed by atoms with van der Waals surface area (Å²) in [4.78, 5) is 16.0. The van der Waals surface area contributed by atoms with Crippen molar-refractivity contribution in [3.63, 3.8) is 0 Å². The highest BCUT2D eigenvalue weighted by molar-refractivity contribution is 5.83. The number of nitrogens with one attached hydrogen (secondary N) is 1. The highest BCUT2D eigenvalue weighted by Gasteiger charge is 2.13. The normalized spacial score (nSPS) is 12.1. The maximum Gasteiger partial charge on any atom is 0.227 e. The van der Waals surface area contributed by atoms with Gasteiger partial charge in [0.1, 0.15) is 0 Å². The molecule has 0 radical (unpaired) electrons. The SMILES string of the molecule is CC(C(=O)NCCCn1ccnc1)c1ccccc1. The summed E-state index contributed by atoms with van der Waals surface area (Å²) >= 11 is 0. The van der Waals surface area contributed by atoms with Crippen LogP contribution in [0.5, 0.6) is 0 Å². The van der Waals surface area contributed by atoms with E-state index in [4.69, 9.17) is 0 Å². The Kier molecular flexibility index (Phi) is 4.72. The second-order valence-electron chi connectivity index (χ2n) is 4.58. The van der Waals surface area contributed by atoms with Crippen LogP contribution >= 0.6 is 0 Å². The number of aromatic nitrogens is 2. The summed E-state index contributed by atoms with van der Waals surface area (Å²) < 4.78 is 2.01. The predicted octanol–water partition coefficient (Wildman–Crippen LogP) is 2.19. The smallest absolute Gasteiger partial charge is 0.227 e. The maximum atomic E-state index is 12.0. The van der Waals surface area contributed by atoms with Gasteiger partial charge in [0.25, 0.3) is 0 Å². The zero-order valence-corrected chi connectivity index (χ0v) is 11.1. The van der Waals surface area contributed by atoms with E-state index in [2.05, 4.69) is 10.3 Å². The average molecular weight is 257 g/mol. The fourth-order valence-corrected chi connectivity index (χ4v) is 1.94. The van der Waals surface area contributed by atoms with Gasteiger partial charge in [-0.25, -0.2) is 4.98 Å². The van der Waals surface area contributed by atoms with E-state index in [1.165, 1.54) is 0 Å². The Morgan fingerprint density at radius 2 is 2.16 bits per heavy atom. The molecule has 2 rings (SSSR count). The quantitative estimate of drug-likeness (QED) is 0.806. The van der Waals surface area contributed by atoms with E-state index in [0.717, 1.165) is 18.5 Å². The van der Waals surface area contributed by atoms with Crippen molar-refractivity contribution >= 4 is 5.91 Å². The molecular formula is C15H19N3O. The summed E-state index contributed by atoms with van der Waals surface area (Å²) in [5.41, 5.74) is 1.05. The standard InChI is InChI=1S/C15H19N3O/c1-13(14-6-3-2-4-7-14)15(19)17-8-5-10-18-11-9-16-12-18/h2-4,6-7,9,11-13H,5,8,10H2,1H3,(H,17,19). The molecule has 1 aromatic carbocycles. The van der Waals surface area contributed by atoms with Crippen LogP contribution < -0.4 is 5.32 Å². The van der Waals surface area contributed by atoms with Crippen LogP contribution in [0.2, 0.25) is 0 Å². The van der Waals surface area contributed by atoms with Crippen LogP contribution in [0.15, 0.2) is 49.1 Å². The summed E-state index contributed by atoms with van der Waals surface area (Å²) in [5.74, 6) is -0.0220. The molecule has 0 aliphatic rings. The lowest BCUT2D eigenvalue weighted by molar-refractivity contribution is -0.122. The van der Waals surface area contributed by atoms with E-state index in [9.17, 15) is 4.79 Å². The molecular weight excluding hydrogens is 238 g/mol. The van der Waals surface area contributed by atoms with E-state index in [-0.39, 0.29) is 11.8 Å². The van der Waals surface area contributed by atoms with Crippen molar-refractivity contribution < 1.29 is 4.79 Å².